The number of nitrogen functional groups attached to an aromatic ring is 1. The van der Waals surface area contributed by atoms with Crippen molar-refractivity contribution in [2.24, 2.45) is 5.84 Å². The summed E-state index contributed by atoms with van der Waals surface area (Å²) < 4.78 is 25.8. The molecule has 1 aromatic carbocycles. The molecule has 15 heavy (non-hydrogen) atoms. The Balaban J connectivity index is 2.44. The quantitative estimate of drug-likeness (QED) is 0.611. The number of hydrazine groups is 1. The van der Waals surface area contributed by atoms with Gasteiger partial charge in [-0.2, -0.15) is 0 Å². The van der Waals surface area contributed by atoms with Crippen LogP contribution >= 0.6 is 11.3 Å². The van der Waals surface area contributed by atoms with Gasteiger partial charge in [-0.1, -0.05) is 0 Å². The van der Waals surface area contributed by atoms with Crippen LogP contribution in [0.25, 0.3) is 11.3 Å². The van der Waals surface area contributed by atoms with Gasteiger partial charge in [0.1, 0.15) is 11.6 Å². The second-order valence-corrected chi connectivity index (χ2v) is 3.70. The van der Waals surface area contributed by atoms with Crippen molar-refractivity contribution in [3.63, 3.8) is 0 Å². The highest BCUT2D eigenvalue weighted by atomic mass is 32.1. The van der Waals surface area contributed by atoms with Crippen LogP contribution in [0.15, 0.2) is 23.6 Å². The molecule has 3 N–H and O–H groups in total. The molecule has 0 aliphatic heterocycles. The van der Waals surface area contributed by atoms with E-state index in [1.165, 1.54) is 23.5 Å². The maximum absolute atomic E-state index is 12.9. The van der Waals surface area contributed by atoms with Crippen molar-refractivity contribution in [3.05, 3.63) is 35.2 Å². The Morgan fingerprint density at radius 3 is 2.40 bits per heavy atom. The zero-order valence-electron chi connectivity index (χ0n) is 7.50. The second kappa shape index (κ2) is 3.92. The van der Waals surface area contributed by atoms with Crippen molar-refractivity contribution in [2.75, 3.05) is 5.43 Å². The molecule has 0 aliphatic rings. The number of rotatable bonds is 2. The predicted octanol–water partition coefficient (Wildman–Crippen LogP) is 2.37. The van der Waals surface area contributed by atoms with E-state index in [0.29, 0.717) is 16.4 Å². The average Bonchev–Trinajstić information content (AvgIpc) is 2.64. The first-order chi connectivity index (χ1) is 7.19. The number of nitrogens with zero attached hydrogens (tertiary/aromatic N) is 1. The van der Waals surface area contributed by atoms with Gasteiger partial charge in [-0.3, -0.25) is 5.43 Å². The molecule has 0 saturated carbocycles. The molecule has 0 fully saturated rings. The van der Waals surface area contributed by atoms with Crippen molar-refractivity contribution in [1.29, 1.82) is 0 Å². The van der Waals surface area contributed by atoms with Crippen LogP contribution in [0.2, 0.25) is 0 Å². The average molecular weight is 227 g/mol. The second-order valence-electron chi connectivity index (χ2n) is 2.84. The summed E-state index contributed by atoms with van der Waals surface area (Å²) in [6, 6.07) is 3.26. The van der Waals surface area contributed by atoms with Crippen molar-refractivity contribution < 1.29 is 8.78 Å². The summed E-state index contributed by atoms with van der Waals surface area (Å²) in [5.41, 5.74) is 3.25. The van der Waals surface area contributed by atoms with E-state index in [9.17, 15) is 8.78 Å². The molecular formula is C9H7F2N3S. The van der Waals surface area contributed by atoms with Crippen LogP contribution < -0.4 is 11.3 Å². The van der Waals surface area contributed by atoms with Gasteiger partial charge in [-0.05, 0) is 12.1 Å². The fraction of sp³-hybridized carbons (Fsp3) is 0. The number of halogens is 2. The van der Waals surface area contributed by atoms with E-state index < -0.39 is 11.6 Å². The monoisotopic (exact) mass is 227 g/mol. The van der Waals surface area contributed by atoms with Crippen LogP contribution in [0.3, 0.4) is 0 Å². The fourth-order valence-corrected chi connectivity index (χ4v) is 1.81. The highest BCUT2D eigenvalue weighted by Gasteiger charge is 2.06. The number of benzene rings is 1. The molecule has 0 saturated heterocycles. The number of anilines is 1. The topological polar surface area (TPSA) is 50.9 Å². The molecule has 2 rings (SSSR count). The van der Waals surface area contributed by atoms with E-state index in [0.717, 1.165) is 6.07 Å². The summed E-state index contributed by atoms with van der Waals surface area (Å²) in [4.78, 5) is 4.03. The predicted molar refractivity (Wildman–Crippen MR) is 55.3 cm³/mol. The zero-order valence-corrected chi connectivity index (χ0v) is 8.31. The van der Waals surface area contributed by atoms with Gasteiger partial charge in [0.2, 0.25) is 0 Å². The van der Waals surface area contributed by atoms with Gasteiger partial charge in [-0.25, -0.2) is 19.6 Å². The maximum Gasteiger partial charge on any atom is 0.197 e. The van der Waals surface area contributed by atoms with Crippen LogP contribution in [-0.4, -0.2) is 4.98 Å². The lowest BCUT2D eigenvalue weighted by Crippen LogP contribution is -2.05. The van der Waals surface area contributed by atoms with E-state index in [1.807, 2.05) is 0 Å². The molecule has 3 nitrogen and oxygen atoms in total. The molecule has 0 aliphatic carbocycles. The molecule has 1 heterocycles. The molecule has 0 atom stereocenters. The van der Waals surface area contributed by atoms with Crippen molar-refractivity contribution in [1.82, 2.24) is 4.98 Å². The van der Waals surface area contributed by atoms with Gasteiger partial charge >= 0.3 is 0 Å². The number of nitrogens with one attached hydrogen (secondary N) is 1. The lowest BCUT2D eigenvalue weighted by Gasteiger charge is -1.97. The lowest BCUT2D eigenvalue weighted by atomic mass is 10.2. The number of nitrogens with two attached hydrogens (primary N) is 1. The summed E-state index contributed by atoms with van der Waals surface area (Å²) in [5, 5.41) is 2.17. The number of aromatic nitrogens is 1. The van der Waals surface area contributed by atoms with Crippen molar-refractivity contribution >= 4 is 16.5 Å². The molecular weight excluding hydrogens is 220 g/mol. The van der Waals surface area contributed by atoms with Gasteiger partial charge < -0.3 is 0 Å². The SMILES string of the molecule is NNc1nc(-c2cc(F)cc(F)c2)cs1. The Kier molecular flexibility index (Phi) is 2.61. The van der Waals surface area contributed by atoms with E-state index in [-0.39, 0.29) is 0 Å². The van der Waals surface area contributed by atoms with E-state index in [2.05, 4.69) is 10.4 Å². The van der Waals surface area contributed by atoms with Crippen LogP contribution in [-0.2, 0) is 0 Å². The number of hydrogen-bond donors (Lipinski definition) is 2. The largest absolute Gasteiger partial charge is 0.300 e. The highest BCUT2D eigenvalue weighted by Crippen LogP contribution is 2.25. The minimum atomic E-state index is -0.625. The minimum absolute atomic E-state index is 0.394. The molecule has 0 bridgehead atoms. The van der Waals surface area contributed by atoms with Gasteiger partial charge in [0.05, 0.1) is 5.69 Å². The summed E-state index contributed by atoms with van der Waals surface area (Å²) in [6.07, 6.45) is 0. The van der Waals surface area contributed by atoms with Gasteiger partial charge in [0.25, 0.3) is 0 Å². The standard InChI is InChI=1S/C9H7F2N3S/c10-6-1-5(2-7(11)3-6)8-4-15-9(13-8)14-12/h1-4H,12H2,(H,13,14). The van der Waals surface area contributed by atoms with Crippen LogP contribution in [0, 0.1) is 11.6 Å². The molecule has 1 aromatic heterocycles. The van der Waals surface area contributed by atoms with Gasteiger partial charge in [0, 0.05) is 17.0 Å². The number of thiazole rings is 1. The molecule has 0 unspecified atom stereocenters. The normalized spacial score (nSPS) is 10.3. The first kappa shape index (κ1) is 10.0. The molecule has 0 radical (unpaired) electrons. The zero-order chi connectivity index (χ0) is 10.8. The lowest BCUT2D eigenvalue weighted by molar-refractivity contribution is 0.584. The summed E-state index contributed by atoms with van der Waals surface area (Å²) >= 11 is 1.26. The molecule has 78 valence electrons. The Morgan fingerprint density at radius 1 is 1.20 bits per heavy atom. The van der Waals surface area contributed by atoms with Crippen molar-refractivity contribution in [2.45, 2.75) is 0 Å². The third kappa shape index (κ3) is 2.11. The maximum atomic E-state index is 12.9. The smallest absolute Gasteiger partial charge is 0.197 e. The Bertz CT molecular complexity index is 464. The number of hydrogen-bond acceptors (Lipinski definition) is 4. The van der Waals surface area contributed by atoms with Crippen LogP contribution in [0.1, 0.15) is 0 Å². The van der Waals surface area contributed by atoms with Crippen LogP contribution in [0.5, 0.6) is 0 Å². The molecule has 0 spiro atoms. The minimum Gasteiger partial charge on any atom is -0.300 e. The highest BCUT2D eigenvalue weighted by molar-refractivity contribution is 7.14. The van der Waals surface area contributed by atoms with Crippen LogP contribution in [0.4, 0.5) is 13.9 Å². The van der Waals surface area contributed by atoms with Crippen molar-refractivity contribution in [3.8, 4) is 11.3 Å². The molecule has 0 amide bonds. The fourth-order valence-electron chi connectivity index (χ4n) is 1.17. The summed E-state index contributed by atoms with van der Waals surface area (Å²) in [5.74, 6) is 3.90. The first-order valence-electron chi connectivity index (χ1n) is 4.07. The molecule has 6 heteroatoms. The van der Waals surface area contributed by atoms with E-state index >= 15 is 0 Å². The first-order valence-corrected chi connectivity index (χ1v) is 4.95. The van der Waals surface area contributed by atoms with E-state index in [1.54, 1.807) is 5.38 Å². The third-order valence-corrected chi connectivity index (χ3v) is 2.56. The summed E-state index contributed by atoms with van der Waals surface area (Å²) in [7, 11) is 0. The Labute approximate surface area is 88.5 Å². The third-order valence-electron chi connectivity index (χ3n) is 1.79. The van der Waals surface area contributed by atoms with Gasteiger partial charge in [0.15, 0.2) is 5.13 Å². The van der Waals surface area contributed by atoms with E-state index in [4.69, 9.17) is 5.84 Å². The Morgan fingerprint density at radius 2 is 1.87 bits per heavy atom. The molecule has 2 aromatic rings. The Hall–Kier alpha value is -1.53. The van der Waals surface area contributed by atoms with Gasteiger partial charge in [-0.15, -0.1) is 11.3 Å². The summed E-state index contributed by atoms with van der Waals surface area (Å²) in [6.45, 7) is 0.